The van der Waals surface area contributed by atoms with E-state index in [2.05, 4.69) is 27.4 Å². The third-order valence-corrected chi connectivity index (χ3v) is 8.82. The van der Waals surface area contributed by atoms with Gasteiger partial charge in [-0.25, -0.2) is 0 Å². The van der Waals surface area contributed by atoms with Crippen LogP contribution >= 0.6 is 0 Å². The average molecular weight is 351 g/mol. The maximum atomic E-state index is 10.4. The lowest BCUT2D eigenvalue weighted by Gasteiger charge is -2.57. The summed E-state index contributed by atoms with van der Waals surface area (Å²) in [7, 11) is 0. The molecular weight excluding hydrogens is 312 g/mol. The van der Waals surface area contributed by atoms with E-state index < -0.39 is 0 Å². The zero-order valence-corrected chi connectivity index (χ0v) is 16.4. The Bertz CT molecular complexity index is 504. The van der Waals surface area contributed by atoms with Crippen molar-refractivity contribution >= 4 is 0 Å². The van der Waals surface area contributed by atoms with Crippen molar-refractivity contribution in [1.29, 1.82) is 0 Å². The second kappa shape index (κ2) is 6.98. The van der Waals surface area contributed by atoms with E-state index >= 15 is 0 Å². The molecule has 3 aliphatic rings. The first-order chi connectivity index (χ1) is 11.8. The molecule has 0 aromatic rings. The molecule has 8 atom stereocenters. The van der Waals surface area contributed by atoms with Crippen LogP contribution in [0.25, 0.3) is 0 Å². The summed E-state index contributed by atoms with van der Waals surface area (Å²) in [6.07, 6.45) is 6.96. The number of aliphatic hydroxyl groups excluding tert-OH is 3. The summed E-state index contributed by atoms with van der Waals surface area (Å²) < 4.78 is 0. The van der Waals surface area contributed by atoms with E-state index in [-0.39, 0.29) is 36.1 Å². The maximum Gasteiger partial charge on any atom is 0.0544 e. The topological polar surface area (TPSA) is 60.7 Å². The lowest BCUT2D eigenvalue weighted by Crippen LogP contribution is -2.52. The molecule has 0 heterocycles. The van der Waals surface area contributed by atoms with Crippen molar-refractivity contribution in [2.75, 3.05) is 13.2 Å². The first-order valence-corrected chi connectivity index (χ1v) is 10.3. The summed E-state index contributed by atoms with van der Waals surface area (Å²) in [5.74, 6) is 2.06. The Balaban J connectivity index is 1.88. The quantitative estimate of drug-likeness (QED) is 0.676. The number of fused-ring (bicyclic) bond motifs is 1. The van der Waals surface area contributed by atoms with Gasteiger partial charge in [-0.05, 0) is 92.3 Å². The minimum atomic E-state index is -0.272. The molecule has 144 valence electrons. The summed E-state index contributed by atoms with van der Waals surface area (Å²) in [4.78, 5) is 0. The summed E-state index contributed by atoms with van der Waals surface area (Å²) in [6.45, 7) is 11.6. The highest BCUT2D eigenvalue weighted by Crippen LogP contribution is 2.64. The van der Waals surface area contributed by atoms with Crippen LogP contribution in [0.1, 0.15) is 65.7 Å². The van der Waals surface area contributed by atoms with Crippen LogP contribution in [0.3, 0.4) is 0 Å². The van der Waals surface area contributed by atoms with Crippen LogP contribution in [0.4, 0.5) is 0 Å². The van der Waals surface area contributed by atoms with Crippen molar-refractivity contribution in [2.45, 2.75) is 71.8 Å². The smallest absolute Gasteiger partial charge is 0.0544 e. The van der Waals surface area contributed by atoms with E-state index in [1.54, 1.807) is 0 Å². The fraction of sp³-hybridized carbons (Fsp3) is 0.909. The molecule has 3 nitrogen and oxygen atoms in total. The third kappa shape index (κ3) is 3.00. The number of rotatable bonds is 4. The van der Waals surface area contributed by atoms with Gasteiger partial charge < -0.3 is 15.3 Å². The Hall–Kier alpha value is -0.380. The number of hydrogen-bond donors (Lipinski definition) is 3. The molecule has 0 aromatic carbocycles. The molecule has 3 heteroatoms. The molecule has 0 aromatic heterocycles. The summed E-state index contributed by atoms with van der Waals surface area (Å²) in [5, 5.41) is 30.5. The molecule has 0 aliphatic heterocycles. The van der Waals surface area contributed by atoms with Gasteiger partial charge in [-0.15, -0.1) is 0 Å². The normalized spacial score (nSPS) is 50.5. The number of allylic oxidation sites excluding steroid dienone is 1. The molecule has 0 amide bonds. The fourth-order valence-corrected chi connectivity index (χ4v) is 7.34. The minimum Gasteiger partial charge on any atom is -0.396 e. The zero-order valence-electron chi connectivity index (χ0n) is 16.4. The fourth-order valence-electron chi connectivity index (χ4n) is 7.34. The monoisotopic (exact) mass is 350 g/mol. The van der Waals surface area contributed by atoms with Gasteiger partial charge in [-0.1, -0.05) is 26.0 Å². The first kappa shape index (κ1) is 19.4. The van der Waals surface area contributed by atoms with E-state index in [0.29, 0.717) is 30.1 Å². The van der Waals surface area contributed by atoms with Crippen molar-refractivity contribution in [1.82, 2.24) is 0 Å². The molecule has 0 saturated heterocycles. The molecule has 0 radical (unpaired) electrons. The molecule has 3 aliphatic carbocycles. The first-order valence-electron chi connectivity index (χ1n) is 10.3. The van der Waals surface area contributed by atoms with E-state index in [1.165, 1.54) is 24.8 Å². The van der Waals surface area contributed by atoms with Crippen LogP contribution in [0.2, 0.25) is 0 Å². The molecule has 3 fully saturated rings. The van der Waals surface area contributed by atoms with Gasteiger partial charge in [-0.3, -0.25) is 0 Å². The predicted octanol–water partition coefficient (Wildman–Crippen LogP) is 3.77. The van der Waals surface area contributed by atoms with E-state index in [9.17, 15) is 15.3 Å². The largest absolute Gasteiger partial charge is 0.396 e. The third-order valence-electron chi connectivity index (χ3n) is 8.82. The zero-order chi connectivity index (χ0) is 18.4. The Morgan fingerprint density at radius 2 is 1.60 bits per heavy atom. The molecule has 3 N–H and O–H groups in total. The van der Waals surface area contributed by atoms with Gasteiger partial charge >= 0.3 is 0 Å². The van der Waals surface area contributed by atoms with Crippen LogP contribution in [0.15, 0.2) is 12.2 Å². The van der Waals surface area contributed by atoms with Crippen molar-refractivity contribution in [3.8, 4) is 0 Å². The minimum absolute atomic E-state index is 0.0318. The average Bonchev–Trinajstić information content (AvgIpc) is 2.93. The van der Waals surface area contributed by atoms with Crippen molar-refractivity contribution in [2.24, 2.45) is 40.4 Å². The van der Waals surface area contributed by atoms with Gasteiger partial charge in [0, 0.05) is 13.2 Å². The number of aliphatic hydroxyl groups is 3. The molecule has 3 rings (SSSR count). The van der Waals surface area contributed by atoms with Gasteiger partial charge in [0.2, 0.25) is 0 Å². The second-order valence-electron chi connectivity index (χ2n) is 9.89. The van der Waals surface area contributed by atoms with Crippen molar-refractivity contribution < 1.29 is 15.3 Å². The van der Waals surface area contributed by atoms with Crippen molar-refractivity contribution in [3.05, 3.63) is 12.2 Å². The highest BCUT2D eigenvalue weighted by molar-refractivity contribution is 5.14. The van der Waals surface area contributed by atoms with E-state index in [0.717, 1.165) is 19.3 Å². The Morgan fingerprint density at radius 3 is 2.20 bits per heavy atom. The van der Waals surface area contributed by atoms with Gasteiger partial charge in [0.1, 0.15) is 0 Å². The molecule has 3 saturated carbocycles. The van der Waals surface area contributed by atoms with Crippen molar-refractivity contribution in [3.63, 3.8) is 0 Å². The summed E-state index contributed by atoms with van der Waals surface area (Å²) >= 11 is 0. The van der Waals surface area contributed by atoms with Gasteiger partial charge in [0.15, 0.2) is 0 Å². The van der Waals surface area contributed by atoms with Crippen LogP contribution in [0, 0.1) is 40.4 Å². The standard InChI is InChI=1S/C22H38O3/c1-14(2)18-5-6-19-17(13-24)20(8-10-22(18,19)4)21(3)9-7-16(25)11-15(21)12-23/h15-20,23-25H,1,5-13H2,2-4H3/t15-,16+,17+,18-,19?,20?,21+,22-/m1/s1. The van der Waals surface area contributed by atoms with Gasteiger partial charge in [0.05, 0.1) is 6.10 Å². The molecule has 0 spiro atoms. The van der Waals surface area contributed by atoms with Gasteiger partial charge in [-0.2, -0.15) is 0 Å². The summed E-state index contributed by atoms with van der Waals surface area (Å²) in [5.41, 5.74) is 1.61. The summed E-state index contributed by atoms with van der Waals surface area (Å²) in [6, 6.07) is 0. The molecule has 25 heavy (non-hydrogen) atoms. The highest BCUT2D eigenvalue weighted by atomic mass is 16.3. The molecule has 2 unspecified atom stereocenters. The Labute approximate surface area is 153 Å². The maximum absolute atomic E-state index is 10.4. The Morgan fingerprint density at radius 1 is 0.960 bits per heavy atom. The van der Waals surface area contributed by atoms with E-state index in [4.69, 9.17) is 0 Å². The molecular formula is C22H38O3. The van der Waals surface area contributed by atoms with E-state index in [1.807, 2.05) is 0 Å². The lowest BCUT2D eigenvalue weighted by molar-refractivity contribution is -0.113. The van der Waals surface area contributed by atoms with Crippen LogP contribution in [0.5, 0.6) is 0 Å². The predicted molar refractivity (Wildman–Crippen MR) is 101 cm³/mol. The SMILES string of the molecule is C=C(C)[C@H]1CCC2[C@H](CO)C([C@@]3(C)CC[C@H](O)C[C@@H]3CO)CC[C@@]21C. The number of hydrogen-bond acceptors (Lipinski definition) is 3. The Kier molecular flexibility index (Phi) is 5.41. The highest BCUT2D eigenvalue weighted by Gasteiger charge is 2.58. The van der Waals surface area contributed by atoms with Crippen LogP contribution in [-0.4, -0.2) is 34.6 Å². The molecule has 0 bridgehead atoms. The lowest BCUT2D eigenvalue weighted by atomic mass is 9.48. The van der Waals surface area contributed by atoms with Crippen LogP contribution < -0.4 is 0 Å². The van der Waals surface area contributed by atoms with Crippen LogP contribution in [-0.2, 0) is 0 Å². The second-order valence-corrected chi connectivity index (χ2v) is 9.89. The van der Waals surface area contributed by atoms with Gasteiger partial charge in [0.25, 0.3) is 0 Å².